The highest BCUT2D eigenvalue weighted by molar-refractivity contribution is 6.66. The van der Waals surface area contributed by atoms with Gasteiger partial charge in [0, 0.05) is 13.2 Å². The van der Waals surface area contributed by atoms with Crippen LogP contribution >= 0.6 is 0 Å². The second-order valence-electron chi connectivity index (χ2n) is 9.59. The van der Waals surface area contributed by atoms with Crippen molar-refractivity contribution < 1.29 is 8.85 Å². The molecule has 0 aromatic rings. The van der Waals surface area contributed by atoms with Gasteiger partial charge in [0.15, 0.2) is 0 Å². The highest BCUT2D eigenvalue weighted by Crippen LogP contribution is 2.20. The van der Waals surface area contributed by atoms with Crippen molar-refractivity contribution in [2.24, 2.45) is 0 Å². The Morgan fingerprint density at radius 1 is 0.400 bits per heavy atom. The second-order valence-corrected chi connectivity index (χ2v) is 12.9. The highest BCUT2D eigenvalue weighted by atomic mass is 28.4. The first-order chi connectivity index (χ1) is 14.7. The van der Waals surface area contributed by atoms with Crippen LogP contribution in [0.15, 0.2) is 0 Å². The van der Waals surface area contributed by atoms with Crippen molar-refractivity contribution in [2.45, 2.75) is 162 Å². The zero-order valence-corrected chi connectivity index (χ0v) is 22.6. The zero-order valence-electron chi connectivity index (χ0n) is 21.6. The summed E-state index contributed by atoms with van der Waals surface area (Å²) in [4.78, 5) is 0. The predicted octanol–water partition coefficient (Wildman–Crippen LogP) is 9.95. The molecule has 0 aliphatic heterocycles. The highest BCUT2D eigenvalue weighted by Gasteiger charge is 2.30. The summed E-state index contributed by atoms with van der Waals surface area (Å²) in [5.41, 5.74) is 0. The smallest absolute Gasteiger partial charge is 0.334 e. The Bertz CT molecular complexity index is 314. The van der Waals surface area contributed by atoms with Crippen LogP contribution in [0, 0.1) is 0 Å². The van der Waals surface area contributed by atoms with Gasteiger partial charge < -0.3 is 8.85 Å². The molecule has 0 bridgehead atoms. The average Bonchev–Trinajstić information content (AvgIpc) is 2.75. The first kappa shape index (κ1) is 30.1. The van der Waals surface area contributed by atoms with Crippen molar-refractivity contribution in [3.63, 3.8) is 0 Å². The minimum Gasteiger partial charge on any atom is -0.394 e. The monoisotopic (exact) mass is 442 g/mol. The third kappa shape index (κ3) is 21.4. The molecule has 0 aromatic heterocycles. The molecular formula is C27H58O2Si. The van der Waals surface area contributed by atoms with Crippen molar-refractivity contribution in [2.75, 3.05) is 13.2 Å². The van der Waals surface area contributed by atoms with Gasteiger partial charge in [0.25, 0.3) is 0 Å². The molecule has 0 aromatic carbocycles. The van der Waals surface area contributed by atoms with Gasteiger partial charge in [0.1, 0.15) is 0 Å². The minimum absolute atomic E-state index is 0.867. The minimum atomic E-state index is -1.90. The van der Waals surface area contributed by atoms with Gasteiger partial charge in [-0.2, -0.15) is 0 Å². The van der Waals surface area contributed by atoms with Crippen LogP contribution in [0.3, 0.4) is 0 Å². The van der Waals surface area contributed by atoms with Gasteiger partial charge in [0.05, 0.1) is 0 Å². The first-order valence-corrected chi connectivity index (χ1v) is 16.5. The molecule has 0 amide bonds. The summed E-state index contributed by atoms with van der Waals surface area (Å²) in [6.07, 6.45) is 28.0. The van der Waals surface area contributed by atoms with Crippen LogP contribution in [0.1, 0.15) is 149 Å². The quantitative estimate of drug-likeness (QED) is 0.103. The van der Waals surface area contributed by atoms with Crippen LogP contribution in [0.5, 0.6) is 0 Å². The van der Waals surface area contributed by atoms with Gasteiger partial charge >= 0.3 is 8.56 Å². The fraction of sp³-hybridized carbons (Fsp3) is 1.00. The normalized spacial score (nSPS) is 12.0. The van der Waals surface area contributed by atoms with Gasteiger partial charge in [-0.25, -0.2) is 0 Å². The molecular weight excluding hydrogens is 384 g/mol. The molecule has 0 heterocycles. The van der Waals surface area contributed by atoms with E-state index in [1.54, 1.807) is 0 Å². The molecule has 0 saturated heterocycles. The molecule has 0 radical (unpaired) electrons. The molecule has 0 aliphatic carbocycles. The fourth-order valence-electron chi connectivity index (χ4n) is 4.17. The molecule has 182 valence electrons. The van der Waals surface area contributed by atoms with Gasteiger partial charge in [-0.1, -0.05) is 136 Å². The Labute approximate surface area is 192 Å². The summed E-state index contributed by atoms with van der Waals surface area (Å²) in [6, 6.07) is 1.17. The maximum atomic E-state index is 6.13. The molecule has 2 nitrogen and oxygen atoms in total. The van der Waals surface area contributed by atoms with E-state index in [0.717, 1.165) is 26.1 Å². The molecule has 30 heavy (non-hydrogen) atoms. The maximum absolute atomic E-state index is 6.13. The Kier molecular flexibility index (Phi) is 23.9. The Balaban J connectivity index is 3.35. The summed E-state index contributed by atoms with van der Waals surface area (Å²) in [5.74, 6) is 0. The number of hydrogen-bond donors (Lipinski definition) is 0. The zero-order chi connectivity index (χ0) is 22.2. The van der Waals surface area contributed by atoms with Crippen LogP contribution < -0.4 is 0 Å². The van der Waals surface area contributed by atoms with E-state index in [1.807, 2.05) is 0 Å². The Morgan fingerprint density at radius 3 is 1.00 bits per heavy atom. The van der Waals surface area contributed by atoms with Gasteiger partial charge in [-0.3, -0.25) is 0 Å². The van der Waals surface area contributed by atoms with Crippen molar-refractivity contribution in [1.29, 1.82) is 0 Å². The molecule has 0 aliphatic rings. The molecule has 0 fully saturated rings. The SMILES string of the molecule is CCCCCCCCCCCCCCCCCCCC[Si](C)(OCCC)OCCC. The van der Waals surface area contributed by atoms with Gasteiger partial charge in [0.2, 0.25) is 0 Å². The lowest BCUT2D eigenvalue weighted by Crippen LogP contribution is -2.39. The van der Waals surface area contributed by atoms with Gasteiger partial charge in [-0.05, 0) is 25.4 Å². The van der Waals surface area contributed by atoms with E-state index in [4.69, 9.17) is 8.85 Å². The van der Waals surface area contributed by atoms with Crippen LogP contribution in [-0.2, 0) is 8.85 Å². The molecule has 0 rings (SSSR count). The van der Waals surface area contributed by atoms with E-state index < -0.39 is 8.56 Å². The van der Waals surface area contributed by atoms with Crippen molar-refractivity contribution in [3.8, 4) is 0 Å². The molecule has 3 heteroatoms. The molecule has 0 atom stereocenters. The van der Waals surface area contributed by atoms with E-state index in [0.29, 0.717) is 0 Å². The third-order valence-electron chi connectivity index (χ3n) is 6.21. The van der Waals surface area contributed by atoms with Crippen LogP contribution in [0.2, 0.25) is 12.6 Å². The Hall–Kier alpha value is 0.137. The fourth-order valence-corrected chi connectivity index (χ4v) is 6.71. The summed E-state index contributed by atoms with van der Waals surface area (Å²) in [7, 11) is -1.90. The van der Waals surface area contributed by atoms with E-state index in [-0.39, 0.29) is 0 Å². The molecule has 0 unspecified atom stereocenters. The number of hydrogen-bond acceptors (Lipinski definition) is 2. The van der Waals surface area contributed by atoms with E-state index in [1.165, 1.54) is 122 Å². The Morgan fingerprint density at radius 2 is 0.700 bits per heavy atom. The van der Waals surface area contributed by atoms with E-state index >= 15 is 0 Å². The van der Waals surface area contributed by atoms with Crippen LogP contribution in [0.25, 0.3) is 0 Å². The summed E-state index contributed by atoms with van der Waals surface area (Å²) < 4.78 is 12.3. The van der Waals surface area contributed by atoms with Crippen molar-refractivity contribution in [3.05, 3.63) is 0 Å². The lowest BCUT2D eigenvalue weighted by Gasteiger charge is -2.27. The van der Waals surface area contributed by atoms with E-state index in [9.17, 15) is 0 Å². The largest absolute Gasteiger partial charge is 0.394 e. The van der Waals surface area contributed by atoms with Gasteiger partial charge in [-0.15, -0.1) is 0 Å². The summed E-state index contributed by atoms with van der Waals surface area (Å²) in [6.45, 7) is 10.7. The molecule has 0 saturated carbocycles. The van der Waals surface area contributed by atoms with Crippen molar-refractivity contribution >= 4 is 8.56 Å². The summed E-state index contributed by atoms with van der Waals surface area (Å²) >= 11 is 0. The molecule has 0 N–H and O–H groups in total. The number of rotatable bonds is 25. The standard InChI is InChI=1S/C27H58O2Si/c1-5-8-9-10-11-12-13-14-15-16-17-18-19-20-21-22-23-24-27-30(4,28-25-6-2)29-26-7-3/h5-27H2,1-4H3. The lowest BCUT2D eigenvalue weighted by molar-refractivity contribution is 0.172. The second kappa shape index (κ2) is 23.8. The first-order valence-electron chi connectivity index (χ1n) is 14.0. The van der Waals surface area contributed by atoms with Crippen molar-refractivity contribution in [1.82, 2.24) is 0 Å². The third-order valence-corrected chi connectivity index (χ3v) is 9.10. The number of unbranched alkanes of at least 4 members (excludes halogenated alkanes) is 17. The maximum Gasteiger partial charge on any atom is 0.334 e. The lowest BCUT2D eigenvalue weighted by atomic mass is 10.0. The van der Waals surface area contributed by atoms with Crippen LogP contribution in [0.4, 0.5) is 0 Å². The predicted molar refractivity (Wildman–Crippen MR) is 138 cm³/mol. The molecule has 0 spiro atoms. The average molecular weight is 443 g/mol. The topological polar surface area (TPSA) is 18.5 Å². The van der Waals surface area contributed by atoms with Crippen LogP contribution in [-0.4, -0.2) is 21.8 Å². The van der Waals surface area contributed by atoms with E-state index in [2.05, 4.69) is 27.3 Å². The summed E-state index contributed by atoms with van der Waals surface area (Å²) in [5, 5.41) is 0.